The molecule has 0 aliphatic rings. The number of aromatic nitrogens is 2. The minimum Gasteiger partial charge on any atom is -0.455 e. The van der Waals surface area contributed by atoms with Gasteiger partial charge in [0.2, 0.25) is 0 Å². The standard InChI is InChI=1S/C18H16ClN3O2S/c1-3-14-17(25-22-21-14)18(23)20-15-10-12(19)6-9-16(15)24-13-7-4-11(2)5-8-13/h4-10H,3H2,1-2H3,(H,20,23). The number of nitrogens with one attached hydrogen (secondary N) is 1. The average Bonchev–Trinajstić information content (AvgIpc) is 3.08. The molecule has 2 aromatic carbocycles. The van der Waals surface area contributed by atoms with Crippen LogP contribution in [-0.4, -0.2) is 15.5 Å². The Kier molecular flexibility index (Phi) is 5.31. The fourth-order valence-corrected chi connectivity index (χ4v) is 3.03. The Morgan fingerprint density at radius 3 is 2.72 bits per heavy atom. The molecular weight excluding hydrogens is 358 g/mol. The third-order valence-corrected chi connectivity index (χ3v) is 4.54. The van der Waals surface area contributed by atoms with Crippen molar-refractivity contribution in [3.8, 4) is 11.5 Å². The summed E-state index contributed by atoms with van der Waals surface area (Å²) in [6.07, 6.45) is 0.640. The van der Waals surface area contributed by atoms with Gasteiger partial charge in [-0.25, -0.2) is 0 Å². The van der Waals surface area contributed by atoms with Crippen molar-refractivity contribution >= 4 is 34.7 Å². The van der Waals surface area contributed by atoms with E-state index in [-0.39, 0.29) is 5.91 Å². The summed E-state index contributed by atoms with van der Waals surface area (Å²) in [5.41, 5.74) is 2.31. The van der Waals surface area contributed by atoms with E-state index in [1.165, 1.54) is 0 Å². The first-order chi connectivity index (χ1) is 12.1. The Morgan fingerprint density at radius 2 is 2.00 bits per heavy atom. The molecule has 0 saturated heterocycles. The highest BCUT2D eigenvalue weighted by Crippen LogP contribution is 2.32. The second-order valence-corrected chi connectivity index (χ2v) is 6.60. The lowest BCUT2D eigenvalue weighted by molar-refractivity contribution is 0.102. The van der Waals surface area contributed by atoms with Crippen LogP contribution in [0.15, 0.2) is 42.5 Å². The van der Waals surface area contributed by atoms with E-state index in [1.807, 2.05) is 38.1 Å². The third kappa shape index (κ3) is 4.15. The van der Waals surface area contributed by atoms with Crippen molar-refractivity contribution < 1.29 is 9.53 Å². The second kappa shape index (κ2) is 7.63. The highest BCUT2D eigenvalue weighted by Gasteiger charge is 2.17. The van der Waals surface area contributed by atoms with Gasteiger partial charge in [0.1, 0.15) is 10.6 Å². The van der Waals surface area contributed by atoms with Crippen molar-refractivity contribution in [2.75, 3.05) is 5.32 Å². The minimum absolute atomic E-state index is 0.275. The molecule has 128 valence electrons. The van der Waals surface area contributed by atoms with Gasteiger partial charge in [-0.3, -0.25) is 4.79 Å². The van der Waals surface area contributed by atoms with E-state index in [4.69, 9.17) is 16.3 Å². The minimum atomic E-state index is -0.275. The summed E-state index contributed by atoms with van der Waals surface area (Å²) in [6.45, 7) is 3.94. The molecule has 5 nitrogen and oxygen atoms in total. The van der Waals surface area contributed by atoms with Gasteiger partial charge >= 0.3 is 0 Å². The van der Waals surface area contributed by atoms with Crippen LogP contribution in [0.3, 0.4) is 0 Å². The average molecular weight is 374 g/mol. The number of nitrogens with zero attached hydrogens (tertiary/aromatic N) is 2. The second-order valence-electron chi connectivity index (χ2n) is 5.41. The molecule has 3 aromatic rings. The van der Waals surface area contributed by atoms with E-state index in [9.17, 15) is 4.79 Å². The van der Waals surface area contributed by atoms with Crippen LogP contribution in [0.5, 0.6) is 11.5 Å². The van der Waals surface area contributed by atoms with Crippen LogP contribution in [0.1, 0.15) is 27.9 Å². The summed E-state index contributed by atoms with van der Waals surface area (Å²) < 4.78 is 9.74. The highest BCUT2D eigenvalue weighted by atomic mass is 35.5. The lowest BCUT2D eigenvalue weighted by Crippen LogP contribution is -2.13. The number of hydrogen-bond acceptors (Lipinski definition) is 5. The largest absolute Gasteiger partial charge is 0.455 e. The summed E-state index contributed by atoms with van der Waals surface area (Å²) in [7, 11) is 0. The molecule has 0 unspecified atom stereocenters. The number of ether oxygens (including phenoxy) is 1. The Hall–Kier alpha value is -2.44. The third-order valence-electron chi connectivity index (χ3n) is 3.54. The monoisotopic (exact) mass is 373 g/mol. The zero-order valence-corrected chi connectivity index (χ0v) is 15.3. The molecule has 3 rings (SSSR count). The number of carbonyl (C=O) groups excluding carboxylic acids is 1. The van der Waals surface area contributed by atoms with Crippen molar-refractivity contribution in [2.45, 2.75) is 20.3 Å². The highest BCUT2D eigenvalue weighted by molar-refractivity contribution is 7.08. The Bertz CT molecular complexity index is 894. The molecule has 25 heavy (non-hydrogen) atoms. The fourth-order valence-electron chi connectivity index (χ4n) is 2.21. The molecule has 0 fully saturated rings. The Balaban J connectivity index is 1.86. The molecule has 0 radical (unpaired) electrons. The van der Waals surface area contributed by atoms with Crippen LogP contribution in [0, 0.1) is 6.92 Å². The van der Waals surface area contributed by atoms with E-state index in [0.29, 0.717) is 39.2 Å². The summed E-state index contributed by atoms with van der Waals surface area (Å²) in [4.78, 5) is 13.0. The van der Waals surface area contributed by atoms with Gasteiger partial charge in [-0.05, 0) is 55.2 Å². The molecule has 0 aliphatic heterocycles. The van der Waals surface area contributed by atoms with Gasteiger partial charge in [0.25, 0.3) is 5.91 Å². The van der Waals surface area contributed by atoms with E-state index < -0.39 is 0 Å². The molecule has 0 spiro atoms. The zero-order valence-electron chi connectivity index (χ0n) is 13.7. The molecule has 0 aliphatic carbocycles. The van der Waals surface area contributed by atoms with Crippen LogP contribution in [0.2, 0.25) is 5.02 Å². The topological polar surface area (TPSA) is 64.1 Å². The van der Waals surface area contributed by atoms with E-state index in [0.717, 1.165) is 17.1 Å². The number of anilines is 1. The zero-order chi connectivity index (χ0) is 17.8. The first-order valence-corrected chi connectivity index (χ1v) is 8.88. The summed E-state index contributed by atoms with van der Waals surface area (Å²) in [5, 5.41) is 7.31. The van der Waals surface area contributed by atoms with Gasteiger partial charge in [-0.2, -0.15) is 0 Å². The normalized spacial score (nSPS) is 10.5. The van der Waals surface area contributed by atoms with E-state index in [1.54, 1.807) is 18.2 Å². The van der Waals surface area contributed by atoms with Gasteiger partial charge < -0.3 is 10.1 Å². The number of aryl methyl sites for hydroxylation is 2. The molecule has 0 saturated carbocycles. The molecule has 0 atom stereocenters. The van der Waals surface area contributed by atoms with Gasteiger partial charge in [-0.1, -0.05) is 40.7 Å². The molecule has 1 heterocycles. The van der Waals surface area contributed by atoms with Crippen molar-refractivity contribution in [3.63, 3.8) is 0 Å². The number of rotatable bonds is 5. The SMILES string of the molecule is CCc1nnsc1C(=O)Nc1cc(Cl)ccc1Oc1ccc(C)cc1. The predicted octanol–water partition coefficient (Wildman–Crippen LogP) is 5.11. The summed E-state index contributed by atoms with van der Waals surface area (Å²) >= 11 is 7.15. The number of carbonyl (C=O) groups is 1. The Morgan fingerprint density at radius 1 is 1.24 bits per heavy atom. The molecule has 1 amide bonds. The van der Waals surface area contributed by atoms with Gasteiger partial charge in [-0.15, -0.1) is 5.10 Å². The van der Waals surface area contributed by atoms with Crippen LogP contribution in [0.25, 0.3) is 0 Å². The Labute approximate surface area is 154 Å². The number of amides is 1. The van der Waals surface area contributed by atoms with Crippen molar-refractivity contribution in [3.05, 3.63) is 63.6 Å². The van der Waals surface area contributed by atoms with Crippen LogP contribution < -0.4 is 10.1 Å². The maximum absolute atomic E-state index is 12.5. The smallest absolute Gasteiger partial charge is 0.269 e. The van der Waals surface area contributed by atoms with Crippen molar-refractivity contribution in [1.29, 1.82) is 0 Å². The van der Waals surface area contributed by atoms with Gasteiger partial charge in [0.15, 0.2) is 5.75 Å². The predicted molar refractivity (Wildman–Crippen MR) is 99.9 cm³/mol. The lowest BCUT2D eigenvalue weighted by atomic mass is 10.2. The molecule has 1 N–H and O–H groups in total. The van der Waals surface area contributed by atoms with Gasteiger partial charge in [0.05, 0.1) is 11.4 Å². The van der Waals surface area contributed by atoms with Crippen molar-refractivity contribution in [2.24, 2.45) is 0 Å². The summed E-state index contributed by atoms with van der Waals surface area (Å²) in [5.74, 6) is 0.914. The maximum atomic E-state index is 12.5. The van der Waals surface area contributed by atoms with Crippen LogP contribution in [0.4, 0.5) is 5.69 Å². The number of halogens is 1. The van der Waals surface area contributed by atoms with Crippen molar-refractivity contribution in [1.82, 2.24) is 9.59 Å². The summed E-state index contributed by atoms with van der Waals surface area (Å²) in [6, 6.07) is 12.8. The fraction of sp³-hybridized carbons (Fsp3) is 0.167. The van der Waals surface area contributed by atoms with E-state index in [2.05, 4.69) is 14.9 Å². The van der Waals surface area contributed by atoms with Gasteiger partial charge in [0, 0.05) is 5.02 Å². The van der Waals surface area contributed by atoms with Crippen LogP contribution >= 0.6 is 23.1 Å². The molecule has 0 bridgehead atoms. The van der Waals surface area contributed by atoms with Crippen LogP contribution in [-0.2, 0) is 6.42 Å². The quantitative estimate of drug-likeness (QED) is 0.675. The number of benzene rings is 2. The maximum Gasteiger partial charge on any atom is 0.269 e. The van der Waals surface area contributed by atoms with E-state index >= 15 is 0 Å². The number of hydrogen-bond donors (Lipinski definition) is 1. The molecular formula is C18H16ClN3O2S. The first kappa shape index (κ1) is 17.4. The molecule has 1 aromatic heterocycles. The first-order valence-electron chi connectivity index (χ1n) is 7.73. The molecule has 7 heteroatoms. The lowest BCUT2D eigenvalue weighted by Gasteiger charge is -2.12.